The molecule has 2 heterocycles. The molecule has 0 amide bonds. The van der Waals surface area contributed by atoms with Crippen LogP contribution in [0.2, 0.25) is 0 Å². The maximum atomic E-state index is 4.80. The van der Waals surface area contributed by atoms with Crippen molar-refractivity contribution in [1.82, 2.24) is 4.98 Å². The maximum absolute atomic E-state index is 4.80. The summed E-state index contributed by atoms with van der Waals surface area (Å²) in [5.74, 6) is 0. The maximum Gasteiger partial charge on any atom is 0.125 e. The largest absolute Gasteiger partial charge is 0.286 e. The molecule has 0 atom stereocenters. The number of aliphatic imine (C=N–C) groups is 2. The second kappa shape index (κ2) is 5.98. The molecule has 0 saturated carbocycles. The Kier molecular flexibility index (Phi) is 3.67. The first-order chi connectivity index (χ1) is 11.8. The molecule has 0 fully saturated rings. The van der Waals surface area contributed by atoms with E-state index in [4.69, 9.17) is 4.98 Å². The first kappa shape index (κ1) is 14.7. The Morgan fingerprint density at radius 2 is 1.79 bits per heavy atom. The Morgan fingerprint density at radius 3 is 2.62 bits per heavy atom. The third-order valence-electron chi connectivity index (χ3n) is 4.02. The molecule has 3 nitrogen and oxygen atoms in total. The van der Waals surface area contributed by atoms with Crippen LogP contribution in [0.4, 0.5) is 5.00 Å². The Balaban J connectivity index is 1.97. The van der Waals surface area contributed by atoms with Crippen molar-refractivity contribution in [3.05, 3.63) is 71.9 Å². The van der Waals surface area contributed by atoms with Gasteiger partial charge in [0.1, 0.15) is 5.00 Å². The van der Waals surface area contributed by atoms with Gasteiger partial charge >= 0.3 is 0 Å². The number of benzene rings is 2. The van der Waals surface area contributed by atoms with Crippen LogP contribution in [0.25, 0.3) is 21.0 Å². The van der Waals surface area contributed by atoms with E-state index in [-0.39, 0.29) is 0 Å². The van der Waals surface area contributed by atoms with E-state index in [0.29, 0.717) is 0 Å². The molecule has 24 heavy (non-hydrogen) atoms. The van der Waals surface area contributed by atoms with Crippen LogP contribution in [-0.2, 0) is 0 Å². The van der Waals surface area contributed by atoms with Gasteiger partial charge in [0, 0.05) is 28.1 Å². The normalized spacial score (nSPS) is 12.0. The Labute approximate surface area is 144 Å². The summed E-state index contributed by atoms with van der Waals surface area (Å²) in [5, 5.41) is 3.14. The van der Waals surface area contributed by atoms with E-state index in [1.54, 1.807) is 18.4 Å². The number of thiophene rings is 1. The van der Waals surface area contributed by atoms with Crippen LogP contribution in [0.1, 0.15) is 11.3 Å². The van der Waals surface area contributed by atoms with Crippen LogP contribution >= 0.6 is 11.3 Å². The van der Waals surface area contributed by atoms with E-state index in [2.05, 4.69) is 41.0 Å². The van der Waals surface area contributed by atoms with Crippen LogP contribution < -0.4 is 0 Å². The second-order valence-corrected chi connectivity index (χ2v) is 6.43. The molecule has 0 spiro atoms. The van der Waals surface area contributed by atoms with E-state index in [9.17, 15) is 0 Å². The summed E-state index contributed by atoms with van der Waals surface area (Å²) >= 11 is 1.63. The summed E-state index contributed by atoms with van der Waals surface area (Å²) in [6.07, 6.45) is 0. The van der Waals surface area contributed by atoms with Gasteiger partial charge in [-0.15, -0.1) is 11.3 Å². The standard InChI is InChI=1S/C20H15N3S/c1-21-19(16-12-11-13-7-3-5-9-15(13)23-16)18-14-8-4-6-10-17(14)24-20(18)22-2/h3-12H,2H2,1H3/b21-19-. The van der Waals surface area contributed by atoms with Gasteiger partial charge in [0.15, 0.2) is 0 Å². The number of aromatic nitrogens is 1. The molecular formula is C20H15N3S. The first-order valence-corrected chi connectivity index (χ1v) is 8.45. The van der Waals surface area contributed by atoms with Crippen molar-refractivity contribution in [3.63, 3.8) is 0 Å². The topological polar surface area (TPSA) is 37.6 Å². The van der Waals surface area contributed by atoms with Crippen LogP contribution in [0.15, 0.2) is 70.6 Å². The lowest BCUT2D eigenvalue weighted by atomic mass is 10.0. The zero-order chi connectivity index (χ0) is 16.5. The van der Waals surface area contributed by atoms with Crippen molar-refractivity contribution < 1.29 is 0 Å². The SMILES string of the molecule is C=Nc1sc2ccccc2c1/C(=N\C)c1ccc2ccccc2n1. The van der Waals surface area contributed by atoms with E-state index in [1.165, 1.54) is 4.70 Å². The zero-order valence-corrected chi connectivity index (χ0v) is 14.0. The van der Waals surface area contributed by atoms with Crippen molar-refractivity contribution in [2.45, 2.75) is 0 Å². The molecule has 0 aliphatic rings. The number of hydrogen-bond donors (Lipinski definition) is 0. The Morgan fingerprint density at radius 1 is 1.00 bits per heavy atom. The number of rotatable bonds is 3. The first-order valence-electron chi connectivity index (χ1n) is 7.63. The quantitative estimate of drug-likeness (QED) is 0.473. The van der Waals surface area contributed by atoms with Crippen LogP contribution in [0, 0.1) is 0 Å². The van der Waals surface area contributed by atoms with Crippen molar-refractivity contribution in [2.75, 3.05) is 7.05 Å². The number of hydrogen-bond acceptors (Lipinski definition) is 4. The number of fused-ring (bicyclic) bond motifs is 2. The van der Waals surface area contributed by atoms with E-state index < -0.39 is 0 Å². The lowest BCUT2D eigenvalue weighted by molar-refractivity contribution is 1.33. The highest BCUT2D eigenvalue weighted by atomic mass is 32.1. The molecule has 0 unspecified atom stereocenters. The fraction of sp³-hybridized carbons (Fsp3) is 0.0500. The lowest BCUT2D eigenvalue weighted by Crippen LogP contribution is -2.05. The van der Waals surface area contributed by atoms with Gasteiger partial charge in [0.25, 0.3) is 0 Å². The highest BCUT2D eigenvalue weighted by molar-refractivity contribution is 7.23. The Hall–Kier alpha value is -2.85. The van der Waals surface area contributed by atoms with E-state index >= 15 is 0 Å². The van der Waals surface area contributed by atoms with Crippen molar-refractivity contribution in [3.8, 4) is 0 Å². The molecule has 2 aromatic heterocycles. The summed E-state index contributed by atoms with van der Waals surface area (Å²) < 4.78 is 1.18. The fourth-order valence-electron chi connectivity index (χ4n) is 2.93. The van der Waals surface area contributed by atoms with Gasteiger partial charge in [-0.25, -0.2) is 4.98 Å². The van der Waals surface area contributed by atoms with Crippen molar-refractivity contribution in [2.24, 2.45) is 9.98 Å². The fourth-order valence-corrected chi connectivity index (χ4v) is 3.93. The van der Waals surface area contributed by atoms with Crippen LogP contribution in [0.3, 0.4) is 0 Å². The van der Waals surface area contributed by atoms with Gasteiger partial charge in [-0.05, 0) is 24.9 Å². The van der Waals surface area contributed by atoms with Crippen LogP contribution in [0.5, 0.6) is 0 Å². The van der Waals surface area contributed by atoms with E-state index in [0.717, 1.165) is 38.3 Å². The minimum Gasteiger partial charge on any atom is -0.286 e. The molecule has 0 saturated heterocycles. The molecule has 0 aliphatic heterocycles. The molecule has 4 heteroatoms. The molecule has 0 radical (unpaired) electrons. The molecular weight excluding hydrogens is 314 g/mol. The lowest BCUT2D eigenvalue weighted by Gasteiger charge is -2.07. The predicted octanol–water partition coefficient (Wildman–Crippen LogP) is 5.25. The third-order valence-corrected chi connectivity index (χ3v) is 5.12. The average Bonchev–Trinajstić information content (AvgIpc) is 3.01. The predicted molar refractivity (Wildman–Crippen MR) is 104 cm³/mol. The molecule has 0 bridgehead atoms. The molecule has 116 valence electrons. The van der Waals surface area contributed by atoms with Crippen molar-refractivity contribution in [1.29, 1.82) is 0 Å². The van der Waals surface area contributed by atoms with Gasteiger partial charge in [-0.2, -0.15) is 0 Å². The summed E-state index contributed by atoms with van der Waals surface area (Å²) in [6, 6.07) is 20.5. The minimum atomic E-state index is 0.848. The van der Waals surface area contributed by atoms with Gasteiger partial charge in [-0.1, -0.05) is 42.5 Å². The van der Waals surface area contributed by atoms with Crippen molar-refractivity contribution >= 4 is 49.8 Å². The monoisotopic (exact) mass is 329 g/mol. The number of para-hydroxylation sites is 1. The highest BCUT2D eigenvalue weighted by Crippen LogP contribution is 2.38. The summed E-state index contributed by atoms with van der Waals surface area (Å²) in [5.41, 5.74) is 3.67. The molecule has 4 rings (SSSR count). The highest BCUT2D eigenvalue weighted by Gasteiger charge is 2.18. The number of nitrogens with zero attached hydrogens (tertiary/aromatic N) is 3. The third kappa shape index (κ3) is 2.32. The van der Waals surface area contributed by atoms with E-state index in [1.807, 2.05) is 36.4 Å². The molecule has 2 aromatic carbocycles. The van der Waals surface area contributed by atoms with Gasteiger partial charge in [-0.3, -0.25) is 9.98 Å². The molecule has 4 aromatic rings. The minimum absolute atomic E-state index is 0.848. The van der Waals surface area contributed by atoms with Gasteiger partial charge in [0.2, 0.25) is 0 Å². The summed E-state index contributed by atoms with van der Waals surface area (Å²) in [7, 11) is 1.80. The van der Waals surface area contributed by atoms with Gasteiger partial charge in [0.05, 0.1) is 16.9 Å². The van der Waals surface area contributed by atoms with Gasteiger partial charge < -0.3 is 0 Å². The average molecular weight is 329 g/mol. The Bertz CT molecular complexity index is 1090. The smallest absolute Gasteiger partial charge is 0.125 e. The number of pyridine rings is 1. The second-order valence-electron chi connectivity index (χ2n) is 5.40. The molecule has 0 aliphatic carbocycles. The zero-order valence-electron chi connectivity index (χ0n) is 13.2. The summed E-state index contributed by atoms with van der Waals surface area (Å²) in [6.45, 7) is 3.73. The summed E-state index contributed by atoms with van der Waals surface area (Å²) in [4.78, 5) is 13.6. The van der Waals surface area contributed by atoms with Crippen LogP contribution in [-0.4, -0.2) is 24.5 Å². The molecule has 0 N–H and O–H groups in total.